The Kier molecular flexibility index (Phi) is 4.09. The third-order valence-corrected chi connectivity index (χ3v) is 2.34. The molecule has 5 nitrogen and oxygen atoms in total. The molecule has 0 fully saturated rings. The van der Waals surface area contributed by atoms with Crippen molar-refractivity contribution in [3.05, 3.63) is 29.3 Å². The molecule has 0 spiro atoms. The second-order valence-corrected chi connectivity index (χ2v) is 3.92. The fourth-order valence-corrected chi connectivity index (χ4v) is 1.23. The zero-order valence-corrected chi connectivity index (χ0v) is 9.77. The third-order valence-electron chi connectivity index (χ3n) is 2.34. The van der Waals surface area contributed by atoms with Gasteiger partial charge in [0, 0.05) is 0 Å². The summed E-state index contributed by atoms with van der Waals surface area (Å²) in [6, 6.07) is 4.84. The van der Waals surface area contributed by atoms with E-state index in [2.05, 4.69) is 0 Å². The first-order valence-corrected chi connectivity index (χ1v) is 5.18. The molecule has 0 bridgehead atoms. The number of ether oxygens (including phenoxy) is 1. The second-order valence-electron chi connectivity index (χ2n) is 3.92. The van der Waals surface area contributed by atoms with Crippen LogP contribution in [0.3, 0.4) is 0 Å². The van der Waals surface area contributed by atoms with Gasteiger partial charge in [0.15, 0.2) is 0 Å². The van der Waals surface area contributed by atoms with Gasteiger partial charge in [0.2, 0.25) is 5.91 Å². The van der Waals surface area contributed by atoms with Gasteiger partial charge in [0.25, 0.3) is 0 Å². The Morgan fingerprint density at radius 3 is 2.65 bits per heavy atom. The number of carboxylic acid groups (broad SMARTS) is 1. The number of primary amides is 1. The lowest BCUT2D eigenvalue weighted by molar-refractivity contribution is -0.122. The van der Waals surface area contributed by atoms with Crippen molar-refractivity contribution in [2.75, 3.05) is 6.61 Å². The predicted octanol–water partition coefficient (Wildman–Crippen LogP) is 1.19. The number of rotatable bonds is 5. The van der Waals surface area contributed by atoms with Crippen molar-refractivity contribution in [3.8, 4) is 5.75 Å². The number of hydrogen-bond donors (Lipinski definition) is 2. The maximum absolute atomic E-state index is 11.0. The summed E-state index contributed by atoms with van der Waals surface area (Å²) in [5.41, 5.74) is 6.00. The van der Waals surface area contributed by atoms with Gasteiger partial charge >= 0.3 is 5.97 Å². The topological polar surface area (TPSA) is 89.6 Å². The highest BCUT2D eigenvalue weighted by atomic mass is 16.5. The number of amides is 1. The van der Waals surface area contributed by atoms with Crippen LogP contribution in [0.2, 0.25) is 0 Å². The molecule has 3 N–H and O–H groups in total. The van der Waals surface area contributed by atoms with Crippen LogP contribution in [0.1, 0.15) is 22.8 Å². The van der Waals surface area contributed by atoms with E-state index in [0.717, 1.165) is 5.56 Å². The van der Waals surface area contributed by atoms with E-state index in [1.165, 1.54) is 6.07 Å². The molecular formula is C12H15NO4. The molecule has 1 atom stereocenters. The van der Waals surface area contributed by atoms with Crippen LogP contribution in [0, 0.1) is 12.8 Å². The average molecular weight is 237 g/mol. The zero-order chi connectivity index (χ0) is 13.0. The van der Waals surface area contributed by atoms with E-state index in [9.17, 15) is 9.59 Å². The van der Waals surface area contributed by atoms with Crippen LogP contribution in [-0.4, -0.2) is 23.6 Å². The standard InChI is InChI=1S/C12H15NO4/c1-7-3-4-10(9(5-7)12(15)16)17-6-8(2)11(13)14/h3-5,8H,6H2,1-2H3,(H2,13,14)(H,15,16). The highest BCUT2D eigenvalue weighted by molar-refractivity contribution is 5.91. The monoisotopic (exact) mass is 237 g/mol. The number of carboxylic acids is 1. The van der Waals surface area contributed by atoms with Gasteiger partial charge in [-0.1, -0.05) is 18.6 Å². The maximum atomic E-state index is 11.0. The van der Waals surface area contributed by atoms with Crippen molar-refractivity contribution < 1.29 is 19.4 Å². The minimum atomic E-state index is -1.06. The molecule has 17 heavy (non-hydrogen) atoms. The summed E-state index contributed by atoms with van der Waals surface area (Å²) in [5, 5.41) is 8.99. The molecule has 1 unspecified atom stereocenters. The van der Waals surface area contributed by atoms with E-state index < -0.39 is 17.8 Å². The first-order chi connectivity index (χ1) is 7.91. The van der Waals surface area contributed by atoms with Crippen LogP contribution in [0.4, 0.5) is 0 Å². The maximum Gasteiger partial charge on any atom is 0.339 e. The van der Waals surface area contributed by atoms with Crippen molar-refractivity contribution in [1.29, 1.82) is 0 Å². The molecule has 1 aromatic rings. The molecule has 0 saturated carbocycles. The lowest BCUT2D eigenvalue weighted by Crippen LogP contribution is -2.26. The summed E-state index contributed by atoms with van der Waals surface area (Å²) in [4.78, 5) is 21.8. The number of hydrogen-bond acceptors (Lipinski definition) is 3. The van der Waals surface area contributed by atoms with Gasteiger partial charge in [0.05, 0.1) is 12.5 Å². The van der Waals surface area contributed by atoms with Crippen molar-refractivity contribution in [2.45, 2.75) is 13.8 Å². The van der Waals surface area contributed by atoms with Crippen molar-refractivity contribution >= 4 is 11.9 Å². The van der Waals surface area contributed by atoms with Gasteiger partial charge in [-0.3, -0.25) is 4.79 Å². The quantitative estimate of drug-likeness (QED) is 0.805. The molecule has 0 saturated heterocycles. The number of aryl methyl sites for hydroxylation is 1. The highest BCUT2D eigenvalue weighted by Crippen LogP contribution is 2.20. The molecule has 0 radical (unpaired) electrons. The van der Waals surface area contributed by atoms with E-state index in [1.54, 1.807) is 26.0 Å². The Morgan fingerprint density at radius 2 is 2.12 bits per heavy atom. The number of carbonyl (C=O) groups excluding carboxylic acids is 1. The molecule has 0 aromatic heterocycles. The lowest BCUT2D eigenvalue weighted by atomic mass is 10.1. The summed E-state index contributed by atoms with van der Waals surface area (Å²) in [7, 11) is 0. The summed E-state index contributed by atoms with van der Waals surface area (Å²) in [6.07, 6.45) is 0. The third kappa shape index (κ3) is 3.48. The molecule has 92 valence electrons. The Morgan fingerprint density at radius 1 is 1.47 bits per heavy atom. The molecule has 0 heterocycles. The Bertz CT molecular complexity index is 442. The van der Waals surface area contributed by atoms with Crippen molar-refractivity contribution in [3.63, 3.8) is 0 Å². The second kappa shape index (κ2) is 5.34. The number of nitrogens with two attached hydrogens (primary N) is 1. The molecule has 1 aromatic carbocycles. The van der Waals surface area contributed by atoms with E-state index >= 15 is 0 Å². The zero-order valence-electron chi connectivity index (χ0n) is 9.77. The average Bonchev–Trinajstić information content (AvgIpc) is 2.26. The molecular weight excluding hydrogens is 222 g/mol. The van der Waals surface area contributed by atoms with Crippen molar-refractivity contribution in [1.82, 2.24) is 0 Å². The van der Waals surface area contributed by atoms with E-state index in [1.807, 2.05) is 0 Å². The van der Waals surface area contributed by atoms with Gasteiger partial charge < -0.3 is 15.6 Å². The fourth-order valence-electron chi connectivity index (χ4n) is 1.23. The van der Waals surface area contributed by atoms with Crippen LogP contribution in [-0.2, 0) is 4.79 Å². The lowest BCUT2D eigenvalue weighted by Gasteiger charge is -2.12. The minimum absolute atomic E-state index is 0.0681. The summed E-state index contributed by atoms with van der Waals surface area (Å²) in [6.45, 7) is 3.48. The van der Waals surface area contributed by atoms with Gasteiger partial charge in [-0.25, -0.2) is 4.79 Å². The molecule has 0 aliphatic heterocycles. The minimum Gasteiger partial charge on any atom is -0.492 e. The number of carbonyl (C=O) groups is 2. The van der Waals surface area contributed by atoms with Crippen molar-refractivity contribution in [2.24, 2.45) is 11.7 Å². The fraction of sp³-hybridized carbons (Fsp3) is 0.333. The first-order valence-electron chi connectivity index (χ1n) is 5.18. The SMILES string of the molecule is Cc1ccc(OCC(C)C(N)=O)c(C(=O)O)c1. The van der Waals surface area contributed by atoms with Crippen LogP contribution in [0.25, 0.3) is 0 Å². The molecule has 1 rings (SSSR count). The van der Waals surface area contributed by atoms with Gasteiger partial charge in [-0.15, -0.1) is 0 Å². The van der Waals surface area contributed by atoms with E-state index in [0.29, 0.717) is 0 Å². The van der Waals surface area contributed by atoms with Crippen LogP contribution < -0.4 is 10.5 Å². The summed E-state index contributed by atoms with van der Waals surface area (Å²) >= 11 is 0. The van der Waals surface area contributed by atoms with E-state index in [4.69, 9.17) is 15.6 Å². The Labute approximate surface area is 99.2 Å². The summed E-state index contributed by atoms with van der Waals surface area (Å²) in [5.74, 6) is -1.75. The Hall–Kier alpha value is -2.04. The molecule has 1 amide bonds. The normalized spacial score (nSPS) is 11.9. The highest BCUT2D eigenvalue weighted by Gasteiger charge is 2.14. The van der Waals surface area contributed by atoms with Gasteiger partial charge in [0.1, 0.15) is 11.3 Å². The number of benzene rings is 1. The van der Waals surface area contributed by atoms with Crippen LogP contribution in [0.15, 0.2) is 18.2 Å². The largest absolute Gasteiger partial charge is 0.492 e. The number of aromatic carboxylic acids is 1. The van der Waals surface area contributed by atoms with E-state index in [-0.39, 0.29) is 17.9 Å². The van der Waals surface area contributed by atoms with Gasteiger partial charge in [-0.05, 0) is 19.1 Å². The summed E-state index contributed by atoms with van der Waals surface area (Å²) < 4.78 is 5.29. The molecule has 0 aliphatic carbocycles. The van der Waals surface area contributed by atoms with Crippen LogP contribution in [0.5, 0.6) is 5.75 Å². The molecule has 5 heteroatoms. The van der Waals surface area contributed by atoms with Crippen LogP contribution >= 0.6 is 0 Å². The van der Waals surface area contributed by atoms with Gasteiger partial charge in [-0.2, -0.15) is 0 Å². The first kappa shape index (κ1) is 13.0. The molecule has 0 aliphatic rings. The smallest absolute Gasteiger partial charge is 0.339 e. The Balaban J connectivity index is 2.84. The predicted molar refractivity (Wildman–Crippen MR) is 62.0 cm³/mol.